The minimum atomic E-state index is -2.43. The van der Waals surface area contributed by atoms with E-state index in [0.717, 1.165) is 6.42 Å². The predicted octanol–water partition coefficient (Wildman–Crippen LogP) is 8.42. The van der Waals surface area contributed by atoms with Crippen LogP contribution in [0.5, 0.6) is 0 Å². The molecule has 0 heterocycles. The molecule has 0 aliphatic carbocycles. The fraction of sp³-hybridized carbons (Fsp3) is 0.583. The molecule has 0 radical (unpaired) electrons. The molecule has 1 heteroatoms. The van der Waals surface area contributed by atoms with E-state index in [1.165, 1.54) is 57.4 Å². The van der Waals surface area contributed by atoms with Gasteiger partial charge < -0.3 is 0 Å². The number of rotatable bonds is 13. The summed E-state index contributed by atoms with van der Waals surface area (Å²) < 4.78 is 6.43. The zero-order chi connectivity index (χ0) is 18.5. The summed E-state index contributed by atoms with van der Waals surface area (Å²) in [6, 6.07) is 11.4. The molecule has 0 saturated heterocycles. The van der Waals surface area contributed by atoms with Gasteiger partial charge in [-0.1, -0.05) is 0 Å². The van der Waals surface area contributed by atoms with Crippen molar-refractivity contribution >= 4 is 22.0 Å². The Morgan fingerprint density at radius 1 is 0.880 bits per heavy atom. The third kappa shape index (κ3) is 6.96. The van der Waals surface area contributed by atoms with Crippen LogP contribution < -0.4 is 0 Å². The Balaban J connectivity index is 3.47. The Bertz CT molecular complexity index is 490. The van der Waals surface area contributed by atoms with Crippen LogP contribution >= 0.6 is 0 Å². The average molecular weight is 447 g/mol. The Morgan fingerprint density at radius 3 is 1.76 bits per heavy atom. The molecule has 25 heavy (non-hydrogen) atoms. The average Bonchev–Trinajstić information content (AvgIpc) is 2.64. The van der Waals surface area contributed by atoms with Gasteiger partial charge in [-0.05, 0) is 0 Å². The molecule has 140 valence electrons. The van der Waals surface area contributed by atoms with Gasteiger partial charge in [0, 0.05) is 0 Å². The minimum absolute atomic E-state index is 1.05. The van der Waals surface area contributed by atoms with Gasteiger partial charge in [-0.15, -0.1) is 0 Å². The van der Waals surface area contributed by atoms with Gasteiger partial charge in [-0.2, -0.15) is 0 Å². The Kier molecular flexibility index (Phi) is 11.5. The van der Waals surface area contributed by atoms with Crippen LogP contribution in [0.25, 0.3) is 3.59 Å². The molecule has 0 atom stereocenters. The van der Waals surface area contributed by atoms with Crippen molar-refractivity contribution in [1.29, 1.82) is 0 Å². The zero-order valence-corrected chi connectivity index (χ0v) is 20.1. The van der Waals surface area contributed by atoms with E-state index in [2.05, 4.69) is 70.7 Å². The molecule has 0 unspecified atom stereocenters. The number of allylic oxidation sites excluding steroid dienone is 2. The van der Waals surface area contributed by atoms with Crippen molar-refractivity contribution in [3.63, 3.8) is 0 Å². The fourth-order valence-electron chi connectivity index (χ4n) is 4.22. The van der Waals surface area contributed by atoms with Crippen molar-refractivity contribution in [3.05, 3.63) is 54.1 Å². The molecule has 0 bridgehead atoms. The van der Waals surface area contributed by atoms with Gasteiger partial charge in [0.2, 0.25) is 0 Å². The summed E-state index contributed by atoms with van der Waals surface area (Å²) in [6.07, 6.45) is 11.4. The summed E-state index contributed by atoms with van der Waals surface area (Å²) in [5, 5.41) is 0. The molecule has 1 aromatic rings. The molecule has 1 rings (SSSR count). The van der Waals surface area contributed by atoms with Crippen LogP contribution in [0, 0.1) is 0 Å². The second-order valence-corrected chi connectivity index (χ2v) is 20.6. The molecule has 0 N–H and O–H groups in total. The Morgan fingerprint density at radius 2 is 1.36 bits per heavy atom. The van der Waals surface area contributed by atoms with Gasteiger partial charge in [0.1, 0.15) is 0 Å². The van der Waals surface area contributed by atoms with Crippen LogP contribution in [-0.4, -0.2) is 18.4 Å². The normalized spacial score (nSPS) is 12.8. The third-order valence-electron chi connectivity index (χ3n) is 5.50. The Labute approximate surface area is 161 Å². The summed E-state index contributed by atoms with van der Waals surface area (Å²) in [5.74, 6) is 0. The van der Waals surface area contributed by atoms with Gasteiger partial charge >= 0.3 is 162 Å². The summed E-state index contributed by atoms with van der Waals surface area (Å²) in [4.78, 5) is 0. The van der Waals surface area contributed by atoms with Gasteiger partial charge in [-0.25, -0.2) is 0 Å². The maximum absolute atomic E-state index is 4.03. The fourth-order valence-corrected chi connectivity index (χ4v) is 22.4. The predicted molar refractivity (Wildman–Crippen MR) is 119 cm³/mol. The summed E-state index contributed by atoms with van der Waals surface area (Å²) >= 11 is -2.43. The molecule has 0 spiro atoms. The molecule has 0 nitrogen and oxygen atoms in total. The van der Waals surface area contributed by atoms with E-state index in [0.29, 0.717) is 0 Å². The van der Waals surface area contributed by atoms with Gasteiger partial charge in [0.25, 0.3) is 0 Å². The van der Waals surface area contributed by atoms with Crippen molar-refractivity contribution in [2.24, 2.45) is 0 Å². The number of hydrogen-bond donors (Lipinski definition) is 0. The molecule has 0 amide bonds. The van der Waals surface area contributed by atoms with Crippen LogP contribution in [0.2, 0.25) is 13.3 Å². The molecule has 1 aromatic carbocycles. The zero-order valence-electron chi connectivity index (χ0n) is 17.2. The van der Waals surface area contributed by atoms with Crippen LogP contribution in [-0.2, 0) is 0 Å². The van der Waals surface area contributed by atoms with Crippen LogP contribution in [0.1, 0.15) is 78.2 Å². The second kappa shape index (κ2) is 12.8. The second-order valence-electron chi connectivity index (χ2n) is 7.61. The Hall–Kier alpha value is -0.501. The summed E-state index contributed by atoms with van der Waals surface area (Å²) in [6.45, 7) is 13.5. The van der Waals surface area contributed by atoms with Crippen LogP contribution in [0.4, 0.5) is 0 Å². The van der Waals surface area contributed by atoms with Crippen molar-refractivity contribution in [2.45, 2.75) is 86.0 Å². The first-order valence-electron chi connectivity index (χ1n) is 10.5. The van der Waals surface area contributed by atoms with Gasteiger partial charge in [0.15, 0.2) is 0 Å². The first-order chi connectivity index (χ1) is 12.1. The first kappa shape index (κ1) is 22.5. The quantitative estimate of drug-likeness (QED) is 0.210. The standard InChI is InChI=1S/C12H13.3C4H9.Sn/c1-3-7-11(2)10-12-8-5-4-6-9-12;3*1-3-4-2;/h3-6,8-9H,1,7H2,2H3;3*1,3-4H2,2H3;. The van der Waals surface area contributed by atoms with E-state index in [1.807, 2.05) is 3.59 Å². The SMILES string of the molecule is C=CC/C(C)=[C](\c1ccccc1)[Sn]([CH2]CCC)([CH2]CCC)[CH2]CCC. The number of unbranched alkanes of at least 4 members (excludes halogenated alkanes) is 3. The maximum atomic E-state index is 4.03. The number of benzene rings is 1. The molecule has 0 aliphatic heterocycles. The molecule has 0 saturated carbocycles. The molecule has 0 aromatic heterocycles. The van der Waals surface area contributed by atoms with E-state index < -0.39 is 18.4 Å². The van der Waals surface area contributed by atoms with Crippen LogP contribution in [0.3, 0.4) is 0 Å². The van der Waals surface area contributed by atoms with E-state index in [-0.39, 0.29) is 0 Å². The van der Waals surface area contributed by atoms with E-state index in [9.17, 15) is 0 Å². The van der Waals surface area contributed by atoms with E-state index >= 15 is 0 Å². The van der Waals surface area contributed by atoms with Crippen molar-refractivity contribution in [1.82, 2.24) is 0 Å². The molecular weight excluding hydrogens is 407 g/mol. The van der Waals surface area contributed by atoms with Crippen molar-refractivity contribution < 1.29 is 0 Å². The third-order valence-corrected chi connectivity index (χ3v) is 21.8. The molecule has 0 fully saturated rings. The molecule has 0 aliphatic rings. The van der Waals surface area contributed by atoms with Crippen LogP contribution in [0.15, 0.2) is 48.6 Å². The molecular formula is C24H40Sn. The van der Waals surface area contributed by atoms with Crippen molar-refractivity contribution in [3.8, 4) is 0 Å². The van der Waals surface area contributed by atoms with E-state index in [4.69, 9.17) is 0 Å². The van der Waals surface area contributed by atoms with E-state index in [1.54, 1.807) is 5.57 Å². The van der Waals surface area contributed by atoms with Gasteiger partial charge in [-0.3, -0.25) is 0 Å². The topological polar surface area (TPSA) is 0 Å². The van der Waals surface area contributed by atoms with Gasteiger partial charge in [0.05, 0.1) is 0 Å². The number of hydrogen-bond acceptors (Lipinski definition) is 0. The monoisotopic (exact) mass is 448 g/mol. The first-order valence-corrected chi connectivity index (χ1v) is 18.0. The van der Waals surface area contributed by atoms with Crippen molar-refractivity contribution in [2.75, 3.05) is 0 Å². The summed E-state index contributed by atoms with van der Waals surface area (Å²) in [7, 11) is 0. The summed E-state index contributed by atoms with van der Waals surface area (Å²) in [5.41, 5.74) is 3.14.